The Balaban J connectivity index is 1.96. The molecule has 102 valence electrons. The fourth-order valence-corrected chi connectivity index (χ4v) is 3.78. The van der Waals surface area contributed by atoms with Crippen LogP contribution >= 0.6 is 0 Å². The summed E-state index contributed by atoms with van der Waals surface area (Å²) in [5.74, 6) is 1.59. The lowest BCUT2D eigenvalue weighted by molar-refractivity contribution is 0.301. The van der Waals surface area contributed by atoms with Gasteiger partial charge < -0.3 is 0 Å². The zero-order valence-electron chi connectivity index (χ0n) is 12.0. The predicted molar refractivity (Wildman–Crippen MR) is 75.1 cm³/mol. The Bertz CT molecular complexity index is 299. The lowest BCUT2D eigenvalue weighted by atomic mass is 9.86. The van der Waals surface area contributed by atoms with Crippen molar-refractivity contribution in [2.75, 3.05) is 0 Å². The molecule has 0 amide bonds. The van der Waals surface area contributed by atoms with Gasteiger partial charge in [0, 0.05) is 6.04 Å². The second kappa shape index (κ2) is 6.06. The van der Waals surface area contributed by atoms with E-state index in [1.165, 1.54) is 44.9 Å². The molecule has 0 aromatic heterocycles. The topological polar surface area (TPSA) is 35.8 Å². The van der Waals surface area contributed by atoms with E-state index in [0.29, 0.717) is 6.04 Å². The zero-order valence-corrected chi connectivity index (χ0v) is 12.0. The van der Waals surface area contributed by atoms with Crippen LogP contribution in [0.2, 0.25) is 0 Å². The van der Waals surface area contributed by atoms with Crippen molar-refractivity contribution >= 4 is 0 Å². The first kappa shape index (κ1) is 13.9. The van der Waals surface area contributed by atoms with Crippen molar-refractivity contribution < 1.29 is 0 Å². The summed E-state index contributed by atoms with van der Waals surface area (Å²) in [6, 6.07) is 3.24. The fourth-order valence-electron chi connectivity index (χ4n) is 3.78. The summed E-state index contributed by atoms with van der Waals surface area (Å²) in [6.07, 6.45) is 11.1. The molecule has 2 nitrogen and oxygen atoms in total. The first-order valence-corrected chi connectivity index (χ1v) is 7.84. The third-order valence-corrected chi connectivity index (χ3v) is 5.11. The molecule has 18 heavy (non-hydrogen) atoms. The minimum Gasteiger partial charge on any atom is -0.297 e. The van der Waals surface area contributed by atoms with E-state index in [1.54, 1.807) is 0 Å². The molecule has 0 heterocycles. The van der Waals surface area contributed by atoms with Gasteiger partial charge in [-0.3, -0.25) is 5.32 Å². The van der Waals surface area contributed by atoms with Crippen molar-refractivity contribution in [3.63, 3.8) is 0 Å². The Morgan fingerprint density at radius 1 is 1.06 bits per heavy atom. The van der Waals surface area contributed by atoms with Crippen LogP contribution in [0.3, 0.4) is 0 Å². The number of hydrogen-bond acceptors (Lipinski definition) is 2. The fraction of sp³-hybridized carbons (Fsp3) is 0.938. The predicted octanol–water partition coefficient (Wildman–Crippen LogP) is 4.02. The number of nitrogens with zero attached hydrogens (tertiary/aromatic N) is 1. The van der Waals surface area contributed by atoms with E-state index in [9.17, 15) is 5.26 Å². The van der Waals surface area contributed by atoms with E-state index in [0.717, 1.165) is 24.7 Å². The molecule has 2 heteroatoms. The maximum atomic E-state index is 9.64. The molecule has 2 saturated carbocycles. The molecule has 0 spiro atoms. The molecule has 1 N–H and O–H groups in total. The lowest BCUT2D eigenvalue weighted by Gasteiger charge is -2.30. The summed E-state index contributed by atoms with van der Waals surface area (Å²) < 4.78 is 0. The summed E-state index contributed by atoms with van der Waals surface area (Å²) in [4.78, 5) is 0. The van der Waals surface area contributed by atoms with Gasteiger partial charge in [-0.2, -0.15) is 5.26 Å². The van der Waals surface area contributed by atoms with Crippen molar-refractivity contribution in [3.05, 3.63) is 0 Å². The number of rotatable bonds is 3. The summed E-state index contributed by atoms with van der Waals surface area (Å²) in [7, 11) is 0. The van der Waals surface area contributed by atoms with Gasteiger partial charge in [-0.15, -0.1) is 0 Å². The van der Waals surface area contributed by atoms with Crippen molar-refractivity contribution in [1.82, 2.24) is 5.32 Å². The van der Waals surface area contributed by atoms with Crippen LogP contribution in [0.5, 0.6) is 0 Å². The molecule has 2 aliphatic carbocycles. The monoisotopic (exact) mass is 248 g/mol. The SMILES string of the molecule is CC(C)C1CCCC(C#N)(NC2CCCC2)CC1. The molecule has 2 rings (SSSR count). The molecule has 0 aromatic carbocycles. The summed E-state index contributed by atoms with van der Waals surface area (Å²) in [6.45, 7) is 4.66. The third kappa shape index (κ3) is 3.26. The van der Waals surface area contributed by atoms with Crippen LogP contribution in [0.4, 0.5) is 0 Å². The second-order valence-electron chi connectivity index (χ2n) is 6.75. The molecule has 2 unspecified atom stereocenters. The van der Waals surface area contributed by atoms with Crippen LogP contribution in [-0.4, -0.2) is 11.6 Å². The first-order valence-electron chi connectivity index (χ1n) is 7.84. The third-order valence-electron chi connectivity index (χ3n) is 5.11. The van der Waals surface area contributed by atoms with Gasteiger partial charge in [-0.05, 0) is 43.9 Å². The molecule has 0 bridgehead atoms. The molecular formula is C16H28N2. The smallest absolute Gasteiger partial charge is 0.106 e. The second-order valence-corrected chi connectivity index (χ2v) is 6.75. The van der Waals surface area contributed by atoms with Gasteiger partial charge in [-0.25, -0.2) is 0 Å². The number of hydrogen-bond donors (Lipinski definition) is 1. The van der Waals surface area contributed by atoms with Crippen molar-refractivity contribution in [1.29, 1.82) is 5.26 Å². The van der Waals surface area contributed by atoms with E-state index in [1.807, 2.05) is 0 Å². The molecule has 2 fully saturated rings. The summed E-state index contributed by atoms with van der Waals surface area (Å²) in [5.41, 5.74) is -0.210. The average Bonchev–Trinajstić information content (AvgIpc) is 2.75. The van der Waals surface area contributed by atoms with Gasteiger partial charge in [0.2, 0.25) is 0 Å². The van der Waals surface area contributed by atoms with E-state index in [-0.39, 0.29) is 5.54 Å². The van der Waals surface area contributed by atoms with Crippen LogP contribution in [0.15, 0.2) is 0 Å². The lowest BCUT2D eigenvalue weighted by Crippen LogP contribution is -2.48. The van der Waals surface area contributed by atoms with E-state index in [2.05, 4.69) is 25.2 Å². The van der Waals surface area contributed by atoms with Gasteiger partial charge in [0.25, 0.3) is 0 Å². The highest BCUT2D eigenvalue weighted by atomic mass is 15.0. The highest BCUT2D eigenvalue weighted by Gasteiger charge is 2.36. The molecule has 0 aliphatic heterocycles. The van der Waals surface area contributed by atoms with E-state index in [4.69, 9.17) is 0 Å². The Morgan fingerprint density at radius 2 is 1.78 bits per heavy atom. The Morgan fingerprint density at radius 3 is 2.39 bits per heavy atom. The normalized spacial score (nSPS) is 34.4. The summed E-state index contributed by atoms with van der Waals surface area (Å²) in [5, 5.41) is 13.4. The average molecular weight is 248 g/mol. The Hall–Kier alpha value is -0.550. The quantitative estimate of drug-likeness (QED) is 0.766. The van der Waals surface area contributed by atoms with Gasteiger partial charge >= 0.3 is 0 Å². The molecule has 2 aliphatic rings. The van der Waals surface area contributed by atoms with Crippen LogP contribution in [0.25, 0.3) is 0 Å². The molecular weight excluding hydrogens is 220 g/mol. The number of nitriles is 1. The van der Waals surface area contributed by atoms with E-state index >= 15 is 0 Å². The Kier molecular flexibility index (Phi) is 4.67. The van der Waals surface area contributed by atoms with Crippen LogP contribution in [0, 0.1) is 23.2 Å². The van der Waals surface area contributed by atoms with Crippen LogP contribution in [-0.2, 0) is 0 Å². The minimum absolute atomic E-state index is 0.210. The van der Waals surface area contributed by atoms with Gasteiger partial charge in [-0.1, -0.05) is 39.5 Å². The van der Waals surface area contributed by atoms with Gasteiger partial charge in [0.1, 0.15) is 5.54 Å². The first-order chi connectivity index (χ1) is 8.65. The van der Waals surface area contributed by atoms with Crippen molar-refractivity contribution in [2.45, 2.75) is 83.2 Å². The molecule has 2 atom stereocenters. The van der Waals surface area contributed by atoms with Crippen LogP contribution < -0.4 is 5.32 Å². The highest BCUT2D eigenvalue weighted by Crippen LogP contribution is 2.35. The summed E-state index contributed by atoms with van der Waals surface area (Å²) >= 11 is 0. The van der Waals surface area contributed by atoms with Crippen molar-refractivity contribution in [2.24, 2.45) is 11.8 Å². The zero-order chi connectivity index (χ0) is 13.0. The molecule has 0 saturated heterocycles. The number of nitrogens with one attached hydrogen (secondary N) is 1. The highest BCUT2D eigenvalue weighted by molar-refractivity contribution is 5.09. The van der Waals surface area contributed by atoms with Gasteiger partial charge in [0.15, 0.2) is 0 Å². The molecule has 0 aromatic rings. The largest absolute Gasteiger partial charge is 0.297 e. The molecule has 0 radical (unpaired) electrons. The maximum absolute atomic E-state index is 9.64. The minimum atomic E-state index is -0.210. The van der Waals surface area contributed by atoms with Gasteiger partial charge in [0.05, 0.1) is 6.07 Å². The van der Waals surface area contributed by atoms with Crippen molar-refractivity contribution in [3.8, 4) is 6.07 Å². The van der Waals surface area contributed by atoms with E-state index < -0.39 is 0 Å². The Labute approximate surface area is 112 Å². The maximum Gasteiger partial charge on any atom is 0.106 e. The van der Waals surface area contributed by atoms with Crippen LogP contribution in [0.1, 0.15) is 71.6 Å². The standard InChI is InChI=1S/C16H28N2/c1-13(2)14-6-5-10-16(12-17,11-9-14)18-15-7-3-4-8-15/h13-15,18H,3-11H2,1-2H3.